The Kier molecular flexibility index (Phi) is 5.97. The molecule has 0 heterocycles. The number of urea groups is 1. The highest BCUT2D eigenvalue weighted by molar-refractivity contribution is 5.89. The standard InChI is InChI=1S/C17H19FN2O4/c1-23-12-7-11(8-13(9-12)24-2)20-17(22)19-10-16(21)14-5-3-4-6-15(14)18/h3-9,16,21H,10H2,1-2H3,(H2,19,20,22)/t16-/m0/s1. The number of halogens is 1. The number of hydrogen-bond acceptors (Lipinski definition) is 4. The van der Waals surface area contributed by atoms with Crippen molar-refractivity contribution in [1.29, 1.82) is 0 Å². The van der Waals surface area contributed by atoms with Crippen LogP contribution in [0.4, 0.5) is 14.9 Å². The maximum atomic E-state index is 13.6. The topological polar surface area (TPSA) is 79.8 Å². The van der Waals surface area contributed by atoms with Crippen LogP contribution >= 0.6 is 0 Å². The number of methoxy groups -OCH3 is 2. The number of rotatable bonds is 6. The summed E-state index contributed by atoms with van der Waals surface area (Å²) in [4.78, 5) is 11.9. The van der Waals surface area contributed by atoms with Gasteiger partial charge in [-0.1, -0.05) is 18.2 Å². The Morgan fingerprint density at radius 1 is 1.17 bits per heavy atom. The molecular weight excluding hydrogens is 315 g/mol. The largest absolute Gasteiger partial charge is 0.497 e. The SMILES string of the molecule is COc1cc(NC(=O)NC[C@H](O)c2ccccc2F)cc(OC)c1. The zero-order valence-corrected chi connectivity index (χ0v) is 13.4. The summed E-state index contributed by atoms with van der Waals surface area (Å²) in [5, 5.41) is 15.0. The second kappa shape index (κ2) is 8.16. The molecular formula is C17H19FN2O4. The van der Waals surface area contributed by atoms with E-state index in [1.54, 1.807) is 24.3 Å². The summed E-state index contributed by atoms with van der Waals surface area (Å²) in [5.41, 5.74) is 0.588. The lowest BCUT2D eigenvalue weighted by atomic mass is 10.1. The third kappa shape index (κ3) is 4.60. The first-order valence-corrected chi connectivity index (χ1v) is 7.24. The Balaban J connectivity index is 1.95. The lowest BCUT2D eigenvalue weighted by molar-refractivity contribution is 0.170. The molecule has 0 radical (unpaired) electrons. The highest BCUT2D eigenvalue weighted by Gasteiger charge is 2.13. The Labute approximate surface area is 139 Å². The van der Waals surface area contributed by atoms with Gasteiger partial charge in [0.1, 0.15) is 17.3 Å². The fourth-order valence-electron chi connectivity index (χ4n) is 2.10. The van der Waals surface area contributed by atoms with E-state index in [9.17, 15) is 14.3 Å². The van der Waals surface area contributed by atoms with E-state index in [2.05, 4.69) is 10.6 Å². The molecule has 0 unspecified atom stereocenters. The second-order valence-electron chi connectivity index (χ2n) is 4.97. The Morgan fingerprint density at radius 2 is 1.79 bits per heavy atom. The van der Waals surface area contributed by atoms with Crippen molar-refractivity contribution in [2.45, 2.75) is 6.10 Å². The number of aliphatic hydroxyl groups excluding tert-OH is 1. The molecule has 3 N–H and O–H groups in total. The number of hydrogen-bond donors (Lipinski definition) is 3. The molecule has 0 bridgehead atoms. The molecule has 1 atom stereocenters. The summed E-state index contributed by atoms with van der Waals surface area (Å²) in [7, 11) is 3.01. The Hall–Kier alpha value is -2.80. The summed E-state index contributed by atoms with van der Waals surface area (Å²) in [6.07, 6.45) is -1.14. The fourth-order valence-corrected chi connectivity index (χ4v) is 2.10. The summed E-state index contributed by atoms with van der Waals surface area (Å²) in [5.74, 6) is 0.525. The maximum absolute atomic E-state index is 13.6. The van der Waals surface area contributed by atoms with Crippen molar-refractivity contribution in [2.75, 3.05) is 26.1 Å². The smallest absolute Gasteiger partial charge is 0.319 e. The van der Waals surface area contributed by atoms with Gasteiger partial charge in [-0.2, -0.15) is 0 Å². The molecule has 24 heavy (non-hydrogen) atoms. The summed E-state index contributed by atoms with van der Waals surface area (Å²) < 4.78 is 23.8. The lowest BCUT2D eigenvalue weighted by Crippen LogP contribution is -2.32. The van der Waals surface area contributed by atoms with Gasteiger partial charge in [0.25, 0.3) is 0 Å². The van der Waals surface area contributed by atoms with Gasteiger partial charge in [0, 0.05) is 36.0 Å². The fraction of sp³-hybridized carbons (Fsp3) is 0.235. The highest BCUT2D eigenvalue weighted by atomic mass is 19.1. The number of nitrogens with one attached hydrogen (secondary N) is 2. The first-order valence-electron chi connectivity index (χ1n) is 7.24. The van der Waals surface area contributed by atoms with Crippen LogP contribution in [0.2, 0.25) is 0 Å². The van der Waals surface area contributed by atoms with Gasteiger partial charge in [0.15, 0.2) is 0 Å². The van der Waals surface area contributed by atoms with Crippen molar-refractivity contribution in [3.8, 4) is 11.5 Å². The third-order valence-electron chi connectivity index (χ3n) is 3.33. The minimum absolute atomic E-state index is 0.126. The van der Waals surface area contributed by atoms with Crippen LogP contribution in [-0.4, -0.2) is 31.9 Å². The van der Waals surface area contributed by atoms with Gasteiger partial charge in [0.2, 0.25) is 0 Å². The van der Waals surface area contributed by atoms with Crippen molar-refractivity contribution in [2.24, 2.45) is 0 Å². The number of benzene rings is 2. The summed E-state index contributed by atoms with van der Waals surface area (Å²) >= 11 is 0. The van der Waals surface area contributed by atoms with Crippen LogP contribution in [0.3, 0.4) is 0 Å². The third-order valence-corrected chi connectivity index (χ3v) is 3.33. The number of carbonyl (C=O) groups excluding carboxylic acids is 1. The van der Waals surface area contributed by atoms with Crippen LogP contribution in [-0.2, 0) is 0 Å². The van der Waals surface area contributed by atoms with Crippen LogP contribution in [0.25, 0.3) is 0 Å². The molecule has 6 nitrogen and oxygen atoms in total. The predicted molar refractivity (Wildman–Crippen MR) is 87.9 cm³/mol. The molecule has 128 valence electrons. The maximum Gasteiger partial charge on any atom is 0.319 e. The molecule has 0 aliphatic carbocycles. The molecule has 0 fully saturated rings. The molecule has 2 amide bonds. The van der Waals surface area contributed by atoms with Crippen molar-refractivity contribution >= 4 is 11.7 Å². The zero-order valence-electron chi connectivity index (χ0n) is 13.4. The summed E-state index contributed by atoms with van der Waals surface area (Å²) in [6, 6.07) is 10.2. The average molecular weight is 334 g/mol. The van der Waals surface area contributed by atoms with Crippen molar-refractivity contribution in [3.05, 3.63) is 53.8 Å². The van der Waals surface area contributed by atoms with E-state index in [0.717, 1.165) is 0 Å². The molecule has 0 aliphatic heterocycles. The second-order valence-corrected chi connectivity index (χ2v) is 4.97. The average Bonchev–Trinajstić information content (AvgIpc) is 2.59. The Morgan fingerprint density at radius 3 is 2.38 bits per heavy atom. The van der Waals surface area contributed by atoms with Crippen molar-refractivity contribution < 1.29 is 23.8 Å². The van der Waals surface area contributed by atoms with Gasteiger partial charge in [-0.15, -0.1) is 0 Å². The van der Waals surface area contributed by atoms with E-state index in [4.69, 9.17) is 9.47 Å². The first-order chi connectivity index (χ1) is 11.5. The van der Waals surface area contributed by atoms with Crippen molar-refractivity contribution in [1.82, 2.24) is 5.32 Å². The zero-order chi connectivity index (χ0) is 17.5. The van der Waals surface area contributed by atoms with E-state index in [-0.39, 0.29) is 12.1 Å². The molecule has 0 aliphatic rings. The van der Waals surface area contributed by atoms with E-state index in [1.165, 1.54) is 32.4 Å². The number of carbonyl (C=O) groups is 1. The Bertz CT molecular complexity index is 686. The van der Waals surface area contributed by atoms with Gasteiger partial charge >= 0.3 is 6.03 Å². The number of aliphatic hydroxyl groups is 1. The molecule has 0 aromatic heterocycles. The van der Waals surface area contributed by atoms with Gasteiger partial charge in [0.05, 0.1) is 20.3 Å². The van der Waals surface area contributed by atoms with E-state index in [0.29, 0.717) is 17.2 Å². The number of anilines is 1. The van der Waals surface area contributed by atoms with E-state index >= 15 is 0 Å². The highest BCUT2D eigenvalue weighted by Crippen LogP contribution is 2.25. The number of amides is 2. The molecule has 0 spiro atoms. The lowest BCUT2D eigenvalue weighted by Gasteiger charge is -2.14. The van der Waals surface area contributed by atoms with Gasteiger partial charge in [-0.3, -0.25) is 0 Å². The van der Waals surface area contributed by atoms with Gasteiger partial charge < -0.3 is 25.2 Å². The molecule has 0 saturated carbocycles. The van der Waals surface area contributed by atoms with Crippen molar-refractivity contribution in [3.63, 3.8) is 0 Å². The normalized spacial score (nSPS) is 11.5. The molecule has 2 rings (SSSR count). The molecule has 2 aromatic rings. The summed E-state index contributed by atoms with van der Waals surface area (Å²) in [6.45, 7) is -0.131. The first kappa shape index (κ1) is 17.6. The van der Waals surface area contributed by atoms with Crippen LogP contribution in [0, 0.1) is 5.82 Å². The van der Waals surface area contributed by atoms with Gasteiger partial charge in [-0.05, 0) is 6.07 Å². The molecule has 2 aromatic carbocycles. The minimum atomic E-state index is -1.14. The van der Waals surface area contributed by atoms with E-state index in [1.807, 2.05) is 0 Å². The minimum Gasteiger partial charge on any atom is -0.497 e. The van der Waals surface area contributed by atoms with Crippen LogP contribution in [0.5, 0.6) is 11.5 Å². The van der Waals surface area contributed by atoms with Crippen LogP contribution < -0.4 is 20.1 Å². The van der Waals surface area contributed by atoms with Crippen LogP contribution in [0.1, 0.15) is 11.7 Å². The van der Waals surface area contributed by atoms with Crippen LogP contribution in [0.15, 0.2) is 42.5 Å². The monoisotopic (exact) mass is 334 g/mol. The van der Waals surface area contributed by atoms with E-state index < -0.39 is 18.0 Å². The molecule has 0 saturated heterocycles. The van der Waals surface area contributed by atoms with Gasteiger partial charge in [-0.25, -0.2) is 9.18 Å². The predicted octanol–water partition coefficient (Wildman–Crippen LogP) is 2.70. The molecule has 7 heteroatoms. The number of ether oxygens (including phenoxy) is 2. The quantitative estimate of drug-likeness (QED) is 0.759.